The van der Waals surface area contributed by atoms with E-state index < -0.39 is 0 Å². The van der Waals surface area contributed by atoms with Gasteiger partial charge in [-0.3, -0.25) is 0 Å². The van der Waals surface area contributed by atoms with Crippen LogP contribution in [-0.4, -0.2) is 16.0 Å². The molecule has 0 fully saturated rings. The molecule has 2 N–H and O–H groups in total. The molecular weight excluding hydrogens is 270 g/mol. The highest BCUT2D eigenvalue weighted by Gasteiger charge is 2.16. The Bertz CT molecular complexity index is 531. The highest BCUT2D eigenvalue weighted by molar-refractivity contribution is 5.58. The number of nitrogens with zero attached hydrogens (tertiary/aromatic N) is 1. The van der Waals surface area contributed by atoms with E-state index in [9.17, 15) is 0 Å². The number of H-pyrrole nitrogens is 1. The van der Waals surface area contributed by atoms with E-state index in [1.165, 1.54) is 31.2 Å². The molecule has 0 radical (unpaired) electrons. The van der Waals surface area contributed by atoms with E-state index in [1.807, 2.05) is 12.3 Å². The van der Waals surface area contributed by atoms with Crippen molar-refractivity contribution in [3.05, 3.63) is 42.4 Å². The Morgan fingerprint density at radius 1 is 1.09 bits per heavy atom. The molecule has 1 heterocycles. The van der Waals surface area contributed by atoms with Gasteiger partial charge in [0.05, 0.1) is 11.7 Å². The van der Waals surface area contributed by atoms with Gasteiger partial charge in [0.2, 0.25) is 0 Å². The largest absolute Gasteiger partial charge is 0.347 e. The molecule has 3 nitrogen and oxygen atoms in total. The predicted octanol–water partition coefficient (Wildman–Crippen LogP) is 5.09. The van der Waals surface area contributed by atoms with Crippen molar-refractivity contribution < 1.29 is 0 Å². The number of unbranched alkanes of at least 4 members (excludes halogenated alkanes) is 3. The van der Waals surface area contributed by atoms with Crippen LogP contribution in [0.2, 0.25) is 0 Å². The first kappa shape index (κ1) is 16.8. The molecule has 0 aliphatic rings. The van der Waals surface area contributed by atoms with Gasteiger partial charge in [0, 0.05) is 17.8 Å². The SMILES string of the molecule is CCCCCC[C@H](NC(C)C)c1nc(-c2ccccc2)c[nH]1. The molecule has 2 aromatic rings. The number of nitrogens with one attached hydrogen (secondary N) is 2. The summed E-state index contributed by atoms with van der Waals surface area (Å²) in [5, 5.41) is 3.64. The fourth-order valence-corrected chi connectivity index (χ4v) is 2.75. The first-order valence-electron chi connectivity index (χ1n) is 8.57. The topological polar surface area (TPSA) is 40.7 Å². The van der Waals surface area contributed by atoms with Crippen LogP contribution in [0.1, 0.15) is 64.7 Å². The van der Waals surface area contributed by atoms with Crippen LogP contribution < -0.4 is 5.32 Å². The van der Waals surface area contributed by atoms with E-state index in [0.29, 0.717) is 12.1 Å². The fraction of sp³-hybridized carbons (Fsp3) is 0.526. The maximum absolute atomic E-state index is 4.81. The van der Waals surface area contributed by atoms with E-state index in [0.717, 1.165) is 17.9 Å². The van der Waals surface area contributed by atoms with Gasteiger partial charge in [0.25, 0.3) is 0 Å². The number of hydrogen-bond acceptors (Lipinski definition) is 2. The summed E-state index contributed by atoms with van der Waals surface area (Å²) in [7, 11) is 0. The summed E-state index contributed by atoms with van der Waals surface area (Å²) in [6.45, 7) is 6.64. The molecule has 120 valence electrons. The molecule has 0 amide bonds. The zero-order valence-electron chi connectivity index (χ0n) is 14.1. The van der Waals surface area contributed by atoms with Crippen LogP contribution in [0, 0.1) is 0 Å². The standard InChI is InChI=1S/C19H29N3/c1-4-5-6-10-13-17(21-15(2)3)19-20-14-18(22-19)16-11-8-7-9-12-16/h7-9,11-12,14-15,17,21H,4-6,10,13H2,1-3H3,(H,20,22)/t17-/m0/s1. The first-order chi connectivity index (χ1) is 10.7. The van der Waals surface area contributed by atoms with Crippen molar-refractivity contribution in [2.45, 2.75) is 65.0 Å². The van der Waals surface area contributed by atoms with Gasteiger partial charge in [0.1, 0.15) is 5.82 Å². The molecule has 0 bridgehead atoms. The minimum absolute atomic E-state index is 0.314. The lowest BCUT2D eigenvalue weighted by Gasteiger charge is -2.19. The van der Waals surface area contributed by atoms with Crippen molar-refractivity contribution in [3.8, 4) is 11.3 Å². The highest BCUT2D eigenvalue weighted by Crippen LogP contribution is 2.22. The molecule has 0 saturated heterocycles. The van der Waals surface area contributed by atoms with Crippen LogP contribution >= 0.6 is 0 Å². The lowest BCUT2D eigenvalue weighted by atomic mass is 10.1. The second-order valence-electron chi connectivity index (χ2n) is 6.26. The maximum atomic E-state index is 4.81. The molecule has 0 aliphatic carbocycles. The summed E-state index contributed by atoms with van der Waals surface area (Å²) >= 11 is 0. The van der Waals surface area contributed by atoms with Crippen LogP contribution in [0.15, 0.2) is 36.5 Å². The Morgan fingerprint density at radius 3 is 2.55 bits per heavy atom. The van der Waals surface area contributed by atoms with Crippen molar-refractivity contribution >= 4 is 0 Å². The number of aromatic amines is 1. The third kappa shape index (κ3) is 4.99. The third-order valence-electron chi connectivity index (χ3n) is 3.88. The van der Waals surface area contributed by atoms with Crippen molar-refractivity contribution in [1.29, 1.82) is 0 Å². The summed E-state index contributed by atoms with van der Waals surface area (Å²) in [5.74, 6) is 1.06. The number of imidazole rings is 1. The Balaban J connectivity index is 2.05. The molecule has 1 atom stereocenters. The second kappa shape index (κ2) is 8.74. The van der Waals surface area contributed by atoms with Crippen LogP contribution in [-0.2, 0) is 0 Å². The van der Waals surface area contributed by atoms with Crippen molar-refractivity contribution in [1.82, 2.24) is 15.3 Å². The molecule has 3 heteroatoms. The smallest absolute Gasteiger partial charge is 0.124 e. The van der Waals surface area contributed by atoms with E-state index in [2.05, 4.69) is 55.3 Å². The number of rotatable bonds is 9. The second-order valence-corrected chi connectivity index (χ2v) is 6.26. The zero-order chi connectivity index (χ0) is 15.8. The Morgan fingerprint density at radius 2 is 1.86 bits per heavy atom. The predicted molar refractivity (Wildman–Crippen MR) is 93.8 cm³/mol. The Hall–Kier alpha value is -1.61. The van der Waals surface area contributed by atoms with Gasteiger partial charge in [0.15, 0.2) is 0 Å². The molecule has 0 spiro atoms. The molecule has 1 aromatic heterocycles. The molecule has 2 rings (SSSR count). The Kier molecular flexibility index (Phi) is 6.66. The summed E-state index contributed by atoms with van der Waals surface area (Å²) in [5.41, 5.74) is 2.19. The Labute approximate surface area is 134 Å². The average Bonchev–Trinajstić information content (AvgIpc) is 3.01. The van der Waals surface area contributed by atoms with Crippen molar-refractivity contribution in [2.24, 2.45) is 0 Å². The van der Waals surface area contributed by atoms with E-state index >= 15 is 0 Å². The van der Waals surface area contributed by atoms with Gasteiger partial charge >= 0.3 is 0 Å². The summed E-state index contributed by atoms with van der Waals surface area (Å²) < 4.78 is 0. The van der Waals surface area contributed by atoms with E-state index in [-0.39, 0.29) is 0 Å². The molecule has 0 unspecified atom stereocenters. The molecule has 0 aliphatic heterocycles. The maximum Gasteiger partial charge on any atom is 0.124 e. The average molecular weight is 299 g/mol. The number of hydrogen-bond donors (Lipinski definition) is 2. The number of aromatic nitrogens is 2. The quantitative estimate of drug-likeness (QED) is 0.633. The highest BCUT2D eigenvalue weighted by atomic mass is 15.0. The van der Waals surface area contributed by atoms with E-state index in [1.54, 1.807) is 0 Å². The molecular formula is C19H29N3. The van der Waals surface area contributed by atoms with Gasteiger partial charge in [-0.15, -0.1) is 0 Å². The monoisotopic (exact) mass is 299 g/mol. The van der Waals surface area contributed by atoms with Gasteiger partial charge in [-0.2, -0.15) is 0 Å². The van der Waals surface area contributed by atoms with Gasteiger partial charge in [-0.1, -0.05) is 76.8 Å². The molecule has 0 saturated carbocycles. The molecule has 1 aromatic carbocycles. The summed E-state index contributed by atoms with van der Waals surface area (Å²) in [6, 6.07) is 11.1. The van der Waals surface area contributed by atoms with Crippen molar-refractivity contribution in [2.75, 3.05) is 0 Å². The first-order valence-corrected chi connectivity index (χ1v) is 8.57. The summed E-state index contributed by atoms with van der Waals surface area (Å²) in [4.78, 5) is 8.19. The van der Waals surface area contributed by atoms with Gasteiger partial charge in [-0.05, 0) is 6.42 Å². The fourth-order valence-electron chi connectivity index (χ4n) is 2.75. The normalized spacial score (nSPS) is 12.7. The van der Waals surface area contributed by atoms with Crippen LogP contribution in [0.4, 0.5) is 0 Å². The van der Waals surface area contributed by atoms with E-state index in [4.69, 9.17) is 4.98 Å². The summed E-state index contributed by atoms with van der Waals surface area (Å²) in [6.07, 6.45) is 8.31. The van der Waals surface area contributed by atoms with Gasteiger partial charge in [-0.25, -0.2) is 4.98 Å². The van der Waals surface area contributed by atoms with Crippen LogP contribution in [0.5, 0.6) is 0 Å². The zero-order valence-corrected chi connectivity index (χ0v) is 14.1. The minimum Gasteiger partial charge on any atom is -0.347 e. The van der Waals surface area contributed by atoms with Gasteiger partial charge < -0.3 is 10.3 Å². The van der Waals surface area contributed by atoms with Crippen LogP contribution in [0.25, 0.3) is 11.3 Å². The molecule has 22 heavy (non-hydrogen) atoms. The minimum atomic E-state index is 0.314. The third-order valence-corrected chi connectivity index (χ3v) is 3.88. The van der Waals surface area contributed by atoms with Crippen molar-refractivity contribution in [3.63, 3.8) is 0 Å². The number of benzene rings is 1. The lowest BCUT2D eigenvalue weighted by Crippen LogP contribution is -2.29. The lowest BCUT2D eigenvalue weighted by molar-refractivity contribution is 0.419. The van der Waals surface area contributed by atoms with Crippen LogP contribution in [0.3, 0.4) is 0 Å².